The van der Waals surface area contributed by atoms with Gasteiger partial charge in [0, 0.05) is 32.2 Å². The number of nitrogens with zero attached hydrogens (tertiary/aromatic N) is 2. The molecule has 0 aromatic heterocycles. The molecule has 5 heteroatoms. The Labute approximate surface area is 159 Å². The second-order valence-electron chi connectivity index (χ2n) is 5.73. The molecule has 1 aromatic rings. The summed E-state index contributed by atoms with van der Waals surface area (Å²) in [6, 6.07) is 11.2. The van der Waals surface area contributed by atoms with Crippen LogP contribution in [0.3, 0.4) is 0 Å². The normalized spacial score (nSPS) is 12.7. The van der Waals surface area contributed by atoms with Gasteiger partial charge in [0.05, 0.1) is 0 Å². The summed E-state index contributed by atoms with van der Waals surface area (Å²) in [4.78, 5) is 6.92. The monoisotopic (exact) mass is 432 g/mol. The van der Waals surface area contributed by atoms with Crippen LogP contribution in [0, 0.1) is 0 Å². The van der Waals surface area contributed by atoms with Crippen LogP contribution in [0.15, 0.2) is 35.3 Å². The van der Waals surface area contributed by atoms with E-state index in [1.165, 1.54) is 5.56 Å². The van der Waals surface area contributed by atoms with Crippen molar-refractivity contribution in [1.29, 1.82) is 0 Å². The lowest BCUT2D eigenvalue weighted by molar-refractivity contribution is 0.238. The third-order valence-corrected chi connectivity index (χ3v) is 3.72. The van der Waals surface area contributed by atoms with Crippen molar-refractivity contribution in [3.63, 3.8) is 0 Å². The largest absolute Gasteiger partial charge is 0.357 e. The fraction of sp³-hybridized carbons (Fsp3) is 0.611. The summed E-state index contributed by atoms with van der Waals surface area (Å²) in [7, 11) is 2.19. The Morgan fingerprint density at radius 2 is 1.87 bits per heavy atom. The van der Waals surface area contributed by atoms with E-state index >= 15 is 0 Å². The summed E-state index contributed by atoms with van der Waals surface area (Å²) in [5.74, 6) is 0.933. The zero-order valence-corrected chi connectivity index (χ0v) is 17.3. The van der Waals surface area contributed by atoms with Crippen LogP contribution in [0.5, 0.6) is 0 Å². The van der Waals surface area contributed by atoms with Crippen molar-refractivity contribution in [2.75, 3.05) is 26.7 Å². The quantitative estimate of drug-likeness (QED) is 0.357. The maximum absolute atomic E-state index is 4.52. The van der Waals surface area contributed by atoms with Crippen LogP contribution in [0.25, 0.3) is 0 Å². The molecular weight excluding hydrogens is 399 g/mol. The summed E-state index contributed by atoms with van der Waals surface area (Å²) in [6.07, 6.45) is 2.17. The van der Waals surface area contributed by atoms with Crippen molar-refractivity contribution in [2.45, 2.75) is 46.2 Å². The molecule has 1 aromatic carbocycles. The van der Waals surface area contributed by atoms with Gasteiger partial charge in [0.15, 0.2) is 5.96 Å². The highest BCUT2D eigenvalue weighted by Crippen LogP contribution is 2.07. The van der Waals surface area contributed by atoms with Gasteiger partial charge in [-0.3, -0.25) is 9.89 Å². The molecule has 2 N–H and O–H groups in total. The number of hydrogen-bond donors (Lipinski definition) is 2. The summed E-state index contributed by atoms with van der Waals surface area (Å²) in [6.45, 7) is 10.2. The van der Waals surface area contributed by atoms with E-state index in [-0.39, 0.29) is 24.0 Å². The predicted molar refractivity (Wildman–Crippen MR) is 112 cm³/mol. The van der Waals surface area contributed by atoms with E-state index in [9.17, 15) is 0 Å². The molecule has 0 fully saturated rings. The van der Waals surface area contributed by atoms with E-state index in [4.69, 9.17) is 0 Å². The second kappa shape index (κ2) is 13.6. The first-order valence-corrected chi connectivity index (χ1v) is 8.43. The second-order valence-corrected chi connectivity index (χ2v) is 5.73. The van der Waals surface area contributed by atoms with Gasteiger partial charge in [-0.2, -0.15) is 0 Å². The van der Waals surface area contributed by atoms with Crippen LogP contribution in [0.4, 0.5) is 0 Å². The van der Waals surface area contributed by atoms with Crippen molar-refractivity contribution >= 4 is 29.9 Å². The first kappa shape index (κ1) is 22.2. The average Bonchev–Trinajstić information content (AvgIpc) is 2.53. The van der Waals surface area contributed by atoms with E-state index in [1.807, 2.05) is 0 Å². The fourth-order valence-corrected chi connectivity index (χ4v) is 2.21. The molecule has 0 aliphatic rings. The minimum atomic E-state index is 0. The molecule has 0 heterocycles. The highest BCUT2D eigenvalue weighted by atomic mass is 127. The Kier molecular flexibility index (Phi) is 13.1. The zero-order valence-electron chi connectivity index (χ0n) is 15.0. The average molecular weight is 432 g/mol. The molecule has 0 aliphatic carbocycles. The molecule has 0 amide bonds. The minimum Gasteiger partial charge on any atom is -0.357 e. The molecule has 23 heavy (non-hydrogen) atoms. The summed E-state index contributed by atoms with van der Waals surface area (Å²) >= 11 is 0. The van der Waals surface area contributed by atoms with Gasteiger partial charge in [0.2, 0.25) is 0 Å². The van der Waals surface area contributed by atoms with Crippen molar-refractivity contribution < 1.29 is 0 Å². The third kappa shape index (κ3) is 9.81. The Morgan fingerprint density at radius 1 is 1.17 bits per heavy atom. The molecule has 0 saturated heterocycles. The topological polar surface area (TPSA) is 39.7 Å². The van der Waals surface area contributed by atoms with E-state index in [1.54, 1.807) is 0 Å². The molecule has 1 unspecified atom stereocenters. The number of halogens is 1. The Balaban J connectivity index is 0.00000484. The molecule has 0 radical (unpaired) electrons. The summed E-state index contributed by atoms with van der Waals surface area (Å²) < 4.78 is 0. The van der Waals surface area contributed by atoms with E-state index < -0.39 is 0 Å². The van der Waals surface area contributed by atoms with Crippen LogP contribution in [0.1, 0.15) is 39.2 Å². The molecule has 1 atom stereocenters. The minimum absolute atomic E-state index is 0. The van der Waals surface area contributed by atoms with Crippen LogP contribution < -0.4 is 10.6 Å². The van der Waals surface area contributed by atoms with Gasteiger partial charge in [0.1, 0.15) is 0 Å². The Hall–Kier alpha value is -0.820. The number of benzene rings is 1. The van der Waals surface area contributed by atoms with Crippen molar-refractivity contribution in [1.82, 2.24) is 15.5 Å². The maximum Gasteiger partial charge on any atom is 0.191 e. The zero-order chi connectivity index (χ0) is 16.2. The summed E-state index contributed by atoms with van der Waals surface area (Å²) in [5.41, 5.74) is 1.36. The van der Waals surface area contributed by atoms with Gasteiger partial charge in [-0.25, -0.2) is 0 Å². The standard InChI is InChI=1S/C18H32N4.HI/c1-5-13-20-18(19-6-2)21-14-12-16(3)22(4)15-17-10-8-7-9-11-17;/h7-11,16H,5-6,12-15H2,1-4H3,(H2,19,20,21);1H. The maximum atomic E-state index is 4.52. The fourth-order valence-electron chi connectivity index (χ4n) is 2.21. The number of rotatable bonds is 9. The SMILES string of the molecule is CCCN=C(NCC)NCCC(C)N(C)Cc1ccccc1.I. The van der Waals surface area contributed by atoms with Gasteiger partial charge >= 0.3 is 0 Å². The molecule has 1 rings (SSSR count). The molecule has 0 bridgehead atoms. The van der Waals surface area contributed by atoms with Gasteiger partial charge in [-0.15, -0.1) is 24.0 Å². The number of guanidine groups is 1. The smallest absolute Gasteiger partial charge is 0.191 e. The number of aliphatic imine (C=N–C) groups is 1. The molecule has 132 valence electrons. The van der Waals surface area contributed by atoms with Gasteiger partial charge in [-0.05, 0) is 39.3 Å². The lowest BCUT2D eigenvalue weighted by atomic mass is 10.1. The molecule has 4 nitrogen and oxygen atoms in total. The lowest BCUT2D eigenvalue weighted by Gasteiger charge is -2.25. The predicted octanol–water partition coefficient (Wildman–Crippen LogP) is 3.48. The Morgan fingerprint density at radius 3 is 2.48 bits per heavy atom. The first-order chi connectivity index (χ1) is 10.7. The van der Waals surface area contributed by atoms with Crippen molar-refractivity contribution in [3.8, 4) is 0 Å². The molecule has 0 spiro atoms. The Bertz CT molecular complexity index is 422. The highest BCUT2D eigenvalue weighted by molar-refractivity contribution is 14.0. The van der Waals surface area contributed by atoms with E-state index in [0.29, 0.717) is 6.04 Å². The van der Waals surface area contributed by atoms with Gasteiger partial charge in [-0.1, -0.05) is 37.3 Å². The molecule has 0 aliphatic heterocycles. The highest BCUT2D eigenvalue weighted by Gasteiger charge is 2.09. The van der Waals surface area contributed by atoms with E-state index in [2.05, 4.69) is 78.7 Å². The first-order valence-electron chi connectivity index (χ1n) is 8.43. The molecule has 0 saturated carbocycles. The van der Waals surface area contributed by atoms with Crippen LogP contribution >= 0.6 is 24.0 Å². The van der Waals surface area contributed by atoms with Crippen LogP contribution in [-0.4, -0.2) is 43.6 Å². The van der Waals surface area contributed by atoms with Crippen LogP contribution in [0.2, 0.25) is 0 Å². The van der Waals surface area contributed by atoms with Gasteiger partial charge < -0.3 is 10.6 Å². The third-order valence-electron chi connectivity index (χ3n) is 3.72. The molecular formula is C18H33IN4. The van der Waals surface area contributed by atoms with Crippen molar-refractivity contribution in [2.24, 2.45) is 4.99 Å². The van der Waals surface area contributed by atoms with E-state index in [0.717, 1.165) is 45.0 Å². The number of hydrogen-bond acceptors (Lipinski definition) is 2. The van der Waals surface area contributed by atoms with Crippen LogP contribution in [-0.2, 0) is 6.54 Å². The van der Waals surface area contributed by atoms with Crippen molar-refractivity contribution in [3.05, 3.63) is 35.9 Å². The lowest BCUT2D eigenvalue weighted by Crippen LogP contribution is -2.40. The summed E-state index contributed by atoms with van der Waals surface area (Å²) in [5, 5.41) is 6.70. The number of nitrogens with one attached hydrogen (secondary N) is 2. The van der Waals surface area contributed by atoms with Gasteiger partial charge in [0.25, 0.3) is 0 Å².